The van der Waals surface area contributed by atoms with Crippen LogP contribution in [0.3, 0.4) is 0 Å². The van der Waals surface area contributed by atoms with E-state index in [1.165, 1.54) is 0 Å². The molecule has 0 fully saturated rings. The van der Waals surface area contributed by atoms with Gasteiger partial charge in [-0.1, -0.05) is 13.8 Å². The molecule has 0 amide bonds. The summed E-state index contributed by atoms with van der Waals surface area (Å²) in [5.41, 5.74) is 1.60. The molecule has 0 aliphatic carbocycles. The van der Waals surface area contributed by atoms with Crippen LogP contribution in [0, 0.1) is 5.92 Å². The molecule has 1 heterocycles. The second-order valence-corrected chi connectivity index (χ2v) is 5.84. The minimum absolute atomic E-state index is 0.323. The van der Waals surface area contributed by atoms with Crippen LogP contribution in [-0.4, -0.2) is 27.2 Å². The molecular formula is C11H20BrN5O. The van der Waals surface area contributed by atoms with E-state index in [0.717, 1.165) is 4.47 Å². The Labute approximate surface area is 115 Å². The Bertz CT molecular complexity index is 397. The van der Waals surface area contributed by atoms with Gasteiger partial charge in [-0.25, -0.2) is 10.8 Å². The van der Waals surface area contributed by atoms with E-state index in [1.54, 1.807) is 13.1 Å². The molecule has 1 rings (SSSR count). The standard InChI is InChI=1S/C11H20BrN5O/c1-7(2)4-11(3,18)6-15-9-8(12)5-14-10(16-9)17-13/h5,7,18H,4,6,13H2,1-3H3,(H2,14,15,16,17). The van der Waals surface area contributed by atoms with Crippen molar-refractivity contribution >= 4 is 27.7 Å². The molecule has 1 aromatic rings. The van der Waals surface area contributed by atoms with E-state index in [0.29, 0.717) is 30.6 Å². The Kier molecular flexibility index (Phi) is 5.30. The number of hydrogen-bond acceptors (Lipinski definition) is 6. The van der Waals surface area contributed by atoms with Gasteiger partial charge in [0.1, 0.15) is 5.82 Å². The third-order valence-corrected chi connectivity index (χ3v) is 2.94. The number of nitrogens with one attached hydrogen (secondary N) is 2. The van der Waals surface area contributed by atoms with Crippen molar-refractivity contribution in [2.24, 2.45) is 11.8 Å². The number of halogens is 1. The lowest BCUT2D eigenvalue weighted by Gasteiger charge is -2.26. The van der Waals surface area contributed by atoms with Crippen LogP contribution in [0.5, 0.6) is 0 Å². The average molecular weight is 318 g/mol. The number of nitrogens with zero attached hydrogens (tertiary/aromatic N) is 2. The maximum atomic E-state index is 10.2. The van der Waals surface area contributed by atoms with Gasteiger partial charge >= 0.3 is 0 Å². The summed E-state index contributed by atoms with van der Waals surface area (Å²) < 4.78 is 0.724. The summed E-state index contributed by atoms with van der Waals surface area (Å²) in [5.74, 6) is 6.60. The summed E-state index contributed by atoms with van der Waals surface area (Å²) in [6.07, 6.45) is 2.31. The van der Waals surface area contributed by atoms with Crippen LogP contribution in [0.4, 0.5) is 11.8 Å². The fourth-order valence-corrected chi connectivity index (χ4v) is 2.12. The van der Waals surface area contributed by atoms with E-state index < -0.39 is 5.60 Å². The van der Waals surface area contributed by atoms with Crippen LogP contribution >= 0.6 is 15.9 Å². The molecule has 1 unspecified atom stereocenters. The summed E-state index contributed by atoms with van der Waals surface area (Å²) in [7, 11) is 0. The minimum atomic E-state index is -0.783. The molecular weight excluding hydrogens is 298 g/mol. The zero-order valence-electron chi connectivity index (χ0n) is 10.9. The Morgan fingerprint density at radius 1 is 1.56 bits per heavy atom. The highest BCUT2D eigenvalue weighted by Gasteiger charge is 2.22. The zero-order valence-corrected chi connectivity index (χ0v) is 12.5. The first-order chi connectivity index (χ1) is 8.34. The van der Waals surface area contributed by atoms with Crippen molar-refractivity contribution in [3.8, 4) is 0 Å². The number of nitrogens with two attached hydrogens (primary N) is 1. The Hall–Kier alpha value is -0.920. The van der Waals surface area contributed by atoms with Gasteiger partial charge in [-0.3, -0.25) is 5.43 Å². The van der Waals surface area contributed by atoms with Crippen molar-refractivity contribution in [3.63, 3.8) is 0 Å². The van der Waals surface area contributed by atoms with E-state index in [2.05, 4.69) is 50.5 Å². The zero-order chi connectivity index (χ0) is 13.8. The molecule has 7 heteroatoms. The summed E-state index contributed by atoms with van der Waals surface area (Å²) in [6, 6.07) is 0. The molecule has 18 heavy (non-hydrogen) atoms. The maximum Gasteiger partial charge on any atom is 0.239 e. The number of rotatable bonds is 6. The lowest BCUT2D eigenvalue weighted by molar-refractivity contribution is 0.0514. The van der Waals surface area contributed by atoms with Crippen LogP contribution in [0.2, 0.25) is 0 Å². The van der Waals surface area contributed by atoms with Crippen LogP contribution < -0.4 is 16.6 Å². The summed E-state index contributed by atoms with van der Waals surface area (Å²) in [5, 5.41) is 13.3. The molecule has 0 aliphatic heterocycles. The predicted molar refractivity (Wildman–Crippen MR) is 76.1 cm³/mol. The van der Waals surface area contributed by atoms with Gasteiger partial charge in [0.15, 0.2) is 0 Å². The van der Waals surface area contributed by atoms with Crippen LogP contribution in [0.1, 0.15) is 27.2 Å². The summed E-state index contributed by atoms with van der Waals surface area (Å²) in [6.45, 7) is 6.36. The maximum absolute atomic E-state index is 10.2. The molecule has 102 valence electrons. The van der Waals surface area contributed by atoms with Crippen molar-refractivity contribution in [2.75, 3.05) is 17.3 Å². The molecule has 0 aliphatic rings. The number of aliphatic hydroxyl groups is 1. The third-order valence-electron chi connectivity index (χ3n) is 2.36. The van der Waals surface area contributed by atoms with Crippen molar-refractivity contribution < 1.29 is 5.11 Å². The summed E-state index contributed by atoms with van der Waals surface area (Å²) >= 11 is 3.34. The van der Waals surface area contributed by atoms with Crippen LogP contribution in [-0.2, 0) is 0 Å². The van der Waals surface area contributed by atoms with E-state index in [4.69, 9.17) is 5.84 Å². The molecule has 0 saturated carbocycles. The van der Waals surface area contributed by atoms with Crippen molar-refractivity contribution in [3.05, 3.63) is 10.7 Å². The number of nitrogen functional groups attached to an aromatic ring is 1. The third kappa shape index (κ3) is 4.75. The molecule has 0 aromatic carbocycles. The van der Waals surface area contributed by atoms with Gasteiger partial charge in [0.2, 0.25) is 5.95 Å². The van der Waals surface area contributed by atoms with Gasteiger partial charge in [0, 0.05) is 12.7 Å². The predicted octanol–water partition coefficient (Wildman–Crippen LogP) is 1.73. The second kappa shape index (κ2) is 6.31. The normalized spacial score (nSPS) is 14.4. The topological polar surface area (TPSA) is 96.1 Å². The van der Waals surface area contributed by atoms with E-state index in [-0.39, 0.29) is 0 Å². The monoisotopic (exact) mass is 317 g/mol. The molecule has 5 N–H and O–H groups in total. The number of anilines is 2. The highest BCUT2D eigenvalue weighted by Crippen LogP contribution is 2.22. The quantitative estimate of drug-likeness (QED) is 0.471. The molecule has 6 nitrogen and oxygen atoms in total. The van der Waals surface area contributed by atoms with Crippen molar-refractivity contribution in [2.45, 2.75) is 32.8 Å². The number of hydrazine groups is 1. The molecule has 0 bridgehead atoms. The van der Waals surface area contributed by atoms with E-state index >= 15 is 0 Å². The Morgan fingerprint density at radius 3 is 2.78 bits per heavy atom. The smallest absolute Gasteiger partial charge is 0.239 e. The molecule has 1 atom stereocenters. The lowest BCUT2D eigenvalue weighted by Crippen LogP contribution is -2.35. The highest BCUT2D eigenvalue weighted by molar-refractivity contribution is 9.10. The van der Waals surface area contributed by atoms with Gasteiger partial charge in [0.25, 0.3) is 0 Å². The van der Waals surface area contributed by atoms with E-state index in [1.807, 2.05) is 0 Å². The number of hydrogen-bond donors (Lipinski definition) is 4. The van der Waals surface area contributed by atoms with E-state index in [9.17, 15) is 5.11 Å². The largest absolute Gasteiger partial charge is 0.388 e. The van der Waals surface area contributed by atoms with Gasteiger partial charge in [-0.15, -0.1) is 0 Å². The molecule has 0 radical (unpaired) electrons. The van der Waals surface area contributed by atoms with Crippen molar-refractivity contribution in [1.82, 2.24) is 9.97 Å². The Morgan fingerprint density at radius 2 is 2.22 bits per heavy atom. The number of aromatic nitrogens is 2. The fourth-order valence-electron chi connectivity index (χ4n) is 1.79. The molecule has 0 spiro atoms. The molecule has 0 saturated heterocycles. The van der Waals surface area contributed by atoms with Gasteiger partial charge in [-0.05, 0) is 35.2 Å². The van der Waals surface area contributed by atoms with Crippen LogP contribution in [0.25, 0.3) is 0 Å². The average Bonchev–Trinajstić information content (AvgIpc) is 2.26. The van der Waals surface area contributed by atoms with Gasteiger partial charge < -0.3 is 10.4 Å². The summed E-state index contributed by atoms with van der Waals surface area (Å²) in [4.78, 5) is 8.11. The van der Waals surface area contributed by atoms with Gasteiger partial charge in [0.05, 0.1) is 10.1 Å². The fraction of sp³-hybridized carbons (Fsp3) is 0.636. The first-order valence-electron chi connectivity index (χ1n) is 5.79. The van der Waals surface area contributed by atoms with Crippen LogP contribution in [0.15, 0.2) is 10.7 Å². The van der Waals surface area contributed by atoms with Gasteiger partial charge in [-0.2, -0.15) is 4.98 Å². The Balaban J connectivity index is 2.67. The first-order valence-corrected chi connectivity index (χ1v) is 6.59. The first kappa shape index (κ1) is 15.1. The second-order valence-electron chi connectivity index (χ2n) is 4.98. The molecule has 1 aromatic heterocycles. The highest BCUT2D eigenvalue weighted by atomic mass is 79.9. The lowest BCUT2D eigenvalue weighted by atomic mass is 9.94. The SMILES string of the molecule is CC(C)CC(C)(O)CNc1nc(NN)ncc1Br. The van der Waals surface area contributed by atoms with Crippen molar-refractivity contribution in [1.29, 1.82) is 0 Å². The minimum Gasteiger partial charge on any atom is -0.388 e.